The molecule has 0 saturated heterocycles. The van der Waals surface area contributed by atoms with Crippen LogP contribution in [0.4, 0.5) is 0 Å². The second-order valence-electron chi connectivity index (χ2n) is 4.02. The van der Waals surface area contributed by atoms with Gasteiger partial charge in [0.1, 0.15) is 6.10 Å². The molecule has 0 N–H and O–H groups in total. The van der Waals surface area contributed by atoms with Crippen LogP contribution in [-0.2, 0) is 4.74 Å². The first-order chi connectivity index (χ1) is 8.27. The number of ether oxygens (including phenoxy) is 1. The zero-order valence-corrected chi connectivity index (χ0v) is 10.1. The number of ketones is 1. The van der Waals surface area contributed by atoms with Crippen LogP contribution in [0.15, 0.2) is 42.5 Å². The van der Waals surface area contributed by atoms with Crippen LogP contribution in [0.1, 0.15) is 23.7 Å². The summed E-state index contributed by atoms with van der Waals surface area (Å²) in [5, 5.41) is 2.08. The van der Waals surface area contributed by atoms with E-state index in [1.165, 1.54) is 0 Å². The molecule has 0 radical (unpaired) electrons. The van der Waals surface area contributed by atoms with Crippen molar-refractivity contribution in [1.29, 1.82) is 0 Å². The molecule has 0 bridgehead atoms. The van der Waals surface area contributed by atoms with Crippen molar-refractivity contribution in [2.75, 3.05) is 7.11 Å². The predicted molar refractivity (Wildman–Crippen MR) is 69.4 cm³/mol. The Kier molecular flexibility index (Phi) is 3.55. The monoisotopic (exact) mass is 228 g/mol. The number of methoxy groups -OCH3 is 1. The lowest BCUT2D eigenvalue weighted by molar-refractivity contribution is 0.0597. The van der Waals surface area contributed by atoms with Gasteiger partial charge in [-0.3, -0.25) is 4.79 Å². The van der Waals surface area contributed by atoms with E-state index < -0.39 is 0 Å². The van der Waals surface area contributed by atoms with Crippen LogP contribution in [0.2, 0.25) is 0 Å². The first-order valence-electron chi connectivity index (χ1n) is 5.82. The Bertz CT molecular complexity index is 522. The summed E-state index contributed by atoms with van der Waals surface area (Å²) in [6.07, 6.45) is 0.347. The summed E-state index contributed by atoms with van der Waals surface area (Å²) in [7, 11) is 1.58. The van der Waals surface area contributed by atoms with Crippen LogP contribution in [0, 0.1) is 0 Å². The molecular formula is C15H16O2. The Morgan fingerprint density at radius 3 is 2.59 bits per heavy atom. The second kappa shape index (κ2) is 5.11. The summed E-state index contributed by atoms with van der Waals surface area (Å²) < 4.78 is 5.22. The zero-order chi connectivity index (χ0) is 12.3. The average molecular weight is 228 g/mol. The van der Waals surface area contributed by atoms with Crippen molar-refractivity contribution in [1.82, 2.24) is 0 Å². The third kappa shape index (κ3) is 2.22. The largest absolute Gasteiger partial charge is 0.373 e. The lowest BCUT2D eigenvalue weighted by Crippen LogP contribution is -2.22. The van der Waals surface area contributed by atoms with Gasteiger partial charge in [-0.05, 0) is 17.2 Å². The van der Waals surface area contributed by atoms with Crippen molar-refractivity contribution in [3.05, 3.63) is 48.0 Å². The molecule has 0 spiro atoms. The Hall–Kier alpha value is -1.67. The van der Waals surface area contributed by atoms with Gasteiger partial charge in [0, 0.05) is 12.7 Å². The zero-order valence-electron chi connectivity index (χ0n) is 10.1. The molecule has 2 rings (SSSR count). The minimum Gasteiger partial charge on any atom is -0.373 e. The van der Waals surface area contributed by atoms with Crippen molar-refractivity contribution >= 4 is 16.6 Å². The van der Waals surface area contributed by atoms with Gasteiger partial charge >= 0.3 is 0 Å². The normalized spacial score (nSPS) is 12.6. The third-order valence-corrected chi connectivity index (χ3v) is 3.00. The van der Waals surface area contributed by atoms with Gasteiger partial charge in [0.05, 0.1) is 0 Å². The first-order valence-corrected chi connectivity index (χ1v) is 5.82. The molecule has 2 heteroatoms. The van der Waals surface area contributed by atoms with Crippen molar-refractivity contribution in [2.45, 2.75) is 19.4 Å². The van der Waals surface area contributed by atoms with Crippen LogP contribution >= 0.6 is 0 Å². The van der Waals surface area contributed by atoms with Crippen LogP contribution in [0.5, 0.6) is 0 Å². The lowest BCUT2D eigenvalue weighted by Gasteiger charge is -2.13. The average Bonchev–Trinajstić information content (AvgIpc) is 2.39. The van der Waals surface area contributed by atoms with E-state index in [-0.39, 0.29) is 11.9 Å². The maximum absolute atomic E-state index is 12.3. The minimum absolute atomic E-state index is 0.0619. The molecule has 88 valence electrons. The van der Waals surface area contributed by atoms with Gasteiger partial charge in [0.2, 0.25) is 0 Å². The molecule has 0 heterocycles. The molecule has 0 amide bonds. The van der Waals surface area contributed by atoms with E-state index in [4.69, 9.17) is 4.74 Å². The van der Waals surface area contributed by atoms with E-state index in [0.717, 1.165) is 16.3 Å². The van der Waals surface area contributed by atoms with E-state index in [2.05, 4.69) is 0 Å². The van der Waals surface area contributed by atoms with E-state index in [1.807, 2.05) is 49.4 Å². The molecule has 2 nitrogen and oxygen atoms in total. The van der Waals surface area contributed by atoms with Crippen molar-refractivity contribution < 1.29 is 9.53 Å². The number of hydrogen-bond acceptors (Lipinski definition) is 2. The standard InChI is InChI=1S/C15H16O2/c1-3-14(17-2)15(16)13-10-6-8-11-7-4-5-9-12(11)13/h4-10,14H,3H2,1-2H3. The van der Waals surface area contributed by atoms with Crippen LogP contribution in [0.25, 0.3) is 10.8 Å². The Morgan fingerprint density at radius 1 is 1.18 bits per heavy atom. The van der Waals surface area contributed by atoms with Gasteiger partial charge in [0.15, 0.2) is 5.78 Å². The number of hydrogen-bond donors (Lipinski definition) is 0. The van der Waals surface area contributed by atoms with E-state index >= 15 is 0 Å². The third-order valence-electron chi connectivity index (χ3n) is 3.00. The minimum atomic E-state index is -0.346. The topological polar surface area (TPSA) is 26.3 Å². The Balaban J connectivity index is 2.52. The SMILES string of the molecule is CCC(OC)C(=O)c1cccc2ccccc12. The molecule has 17 heavy (non-hydrogen) atoms. The number of rotatable bonds is 4. The summed E-state index contributed by atoms with van der Waals surface area (Å²) in [5.74, 6) is 0.0619. The molecule has 1 unspecified atom stereocenters. The molecule has 2 aromatic rings. The van der Waals surface area contributed by atoms with E-state index in [1.54, 1.807) is 7.11 Å². The quantitative estimate of drug-likeness (QED) is 0.749. The summed E-state index contributed by atoms with van der Waals surface area (Å²) in [5.41, 5.74) is 0.747. The summed E-state index contributed by atoms with van der Waals surface area (Å²) in [6.45, 7) is 1.96. The molecule has 0 aliphatic heterocycles. The molecule has 2 aromatic carbocycles. The Morgan fingerprint density at radius 2 is 1.88 bits per heavy atom. The predicted octanol–water partition coefficient (Wildman–Crippen LogP) is 3.45. The highest BCUT2D eigenvalue weighted by Crippen LogP contribution is 2.21. The number of Topliss-reactive ketones (excluding diaryl/α,β-unsaturated/α-hetero) is 1. The molecule has 1 atom stereocenters. The fourth-order valence-corrected chi connectivity index (χ4v) is 2.07. The van der Waals surface area contributed by atoms with Crippen LogP contribution < -0.4 is 0 Å². The van der Waals surface area contributed by atoms with Gasteiger partial charge in [-0.15, -0.1) is 0 Å². The molecule has 0 aromatic heterocycles. The van der Waals surface area contributed by atoms with E-state index in [9.17, 15) is 4.79 Å². The second-order valence-corrected chi connectivity index (χ2v) is 4.02. The highest BCUT2D eigenvalue weighted by Gasteiger charge is 2.19. The van der Waals surface area contributed by atoms with Gasteiger partial charge < -0.3 is 4.74 Å². The number of fused-ring (bicyclic) bond motifs is 1. The fraction of sp³-hybridized carbons (Fsp3) is 0.267. The maximum atomic E-state index is 12.3. The molecular weight excluding hydrogens is 212 g/mol. The Labute approximate surface area is 101 Å². The number of benzene rings is 2. The van der Waals surface area contributed by atoms with Crippen molar-refractivity contribution in [2.24, 2.45) is 0 Å². The summed E-state index contributed by atoms with van der Waals surface area (Å²) >= 11 is 0. The molecule has 0 saturated carbocycles. The van der Waals surface area contributed by atoms with Gasteiger partial charge in [-0.2, -0.15) is 0 Å². The van der Waals surface area contributed by atoms with Crippen LogP contribution in [0.3, 0.4) is 0 Å². The first kappa shape index (κ1) is 11.8. The van der Waals surface area contributed by atoms with Crippen molar-refractivity contribution in [3.8, 4) is 0 Å². The number of carbonyl (C=O) groups excluding carboxylic acids is 1. The smallest absolute Gasteiger partial charge is 0.192 e. The van der Waals surface area contributed by atoms with Crippen LogP contribution in [-0.4, -0.2) is 19.0 Å². The summed E-state index contributed by atoms with van der Waals surface area (Å²) in [6, 6.07) is 13.7. The molecule has 0 fully saturated rings. The molecule has 0 aliphatic carbocycles. The maximum Gasteiger partial charge on any atom is 0.192 e. The van der Waals surface area contributed by atoms with Gasteiger partial charge in [-0.1, -0.05) is 49.4 Å². The number of carbonyl (C=O) groups is 1. The van der Waals surface area contributed by atoms with E-state index in [0.29, 0.717) is 6.42 Å². The fourth-order valence-electron chi connectivity index (χ4n) is 2.07. The molecule has 0 aliphatic rings. The van der Waals surface area contributed by atoms with Gasteiger partial charge in [-0.25, -0.2) is 0 Å². The van der Waals surface area contributed by atoms with Crippen molar-refractivity contribution in [3.63, 3.8) is 0 Å². The highest BCUT2D eigenvalue weighted by molar-refractivity contribution is 6.10. The lowest BCUT2D eigenvalue weighted by atomic mass is 9.98. The highest BCUT2D eigenvalue weighted by atomic mass is 16.5. The van der Waals surface area contributed by atoms with Gasteiger partial charge in [0.25, 0.3) is 0 Å². The summed E-state index contributed by atoms with van der Waals surface area (Å²) in [4.78, 5) is 12.3.